The summed E-state index contributed by atoms with van der Waals surface area (Å²) in [5.41, 5.74) is -0.222. The Bertz CT molecular complexity index is 438. The van der Waals surface area contributed by atoms with Gasteiger partial charge in [0, 0.05) is 13.1 Å². The average Bonchev–Trinajstić information content (AvgIpc) is 2.48. The number of aliphatic hydroxyl groups is 1. The summed E-state index contributed by atoms with van der Waals surface area (Å²) < 4.78 is 4.70. The highest BCUT2D eigenvalue weighted by atomic mass is 16.5. The van der Waals surface area contributed by atoms with Crippen molar-refractivity contribution in [3.63, 3.8) is 0 Å². The first kappa shape index (κ1) is 16.7. The van der Waals surface area contributed by atoms with E-state index in [4.69, 9.17) is 4.74 Å². The van der Waals surface area contributed by atoms with E-state index in [2.05, 4.69) is 0 Å². The molecule has 4 saturated carbocycles. The van der Waals surface area contributed by atoms with Gasteiger partial charge in [0.05, 0.1) is 25.0 Å². The van der Waals surface area contributed by atoms with Crippen molar-refractivity contribution in [2.24, 2.45) is 23.2 Å². The Labute approximate surface area is 138 Å². The van der Waals surface area contributed by atoms with Crippen LogP contribution in [-0.2, 0) is 14.3 Å². The van der Waals surface area contributed by atoms with Crippen LogP contribution in [0.25, 0.3) is 0 Å². The second-order valence-electron chi connectivity index (χ2n) is 8.12. The molecular weight excluding hydrogens is 294 g/mol. The molecule has 4 rings (SSSR count). The van der Waals surface area contributed by atoms with E-state index in [0.717, 1.165) is 19.3 Å². The van der Waals surface area contributed by atoms with Gasteiger partial charge in [0.15, 0.2) is 0 Å². The van der Waals surface area contributed by atoms with Gasteiger partial charge in [-0.3, -0.25) is 9.59 Å². The minimum Gasteiger partial charge on any atom is -0.469 e. The number of nitrogens with zero attached hydrogens (tertiary/aromatic N) is 1. The lowest BCUT2D eigenvalue weighted by Crippen LogP contribution is -2.55. The van der Waals surface area contributed by atoms with Gasteiger partial charge in [0.2, 0.25) is 5.91 Å². The predicted octanol–water partition coefficient (Wildman–Crippen LogP) is 1.98. The summed E-state index contributed by atoms with van der Waals surface area (Å²) in [5.74, 6) is 1.98. The molecule has 0 aliphatic heterocycles. The number of methoxy groups -OCH3 is 1. The molecule has 0 radical (unpaired) electrons. The van der Waals surface area contributed by atoms with Crippen molar-refractivity contribution in [2.75, 3.05) is 20.2 Å². The number of ether oxygens (including phenoxy) is 1. The Morgan fingerprint density at radius 3 is 2.13 bits per heavy atom. The summed E-state index contributed by atoms with van der Waals surface area (Å²) in [7, 11) is 1.36. The number of carbonyl (C=O) groups is 2. The van der Waals surface area contributed by atoms with Crippen molar-refractivity contribution in [1.29, 1.82) is 0 Å². The highest BCUT2D eigenvalue weighted by Gasteiger charge is 2.55. The Morgan fingerprint density at radius 1 is 1.17 bits per heavy atom. The first-order valence-corrected chi connectivity index (χ1v) is 8.96. The molecule has 4 bridgehead atoms. The maximum atomic E-state index is 13.3. The molecule has 4 aliphatic carbocycles. The maximum absolute atomic E-state index is 13.3. The van der Waals surface area contributed by atoms with Gasteiger partial charge in [0.25, 0.3) is 0 Å². The second kappa shape index (κ2) is 6.42. The van der Waals surface area contributed by atoms with Gasteiger partial charge >= 0.3 is 5.97 Å². The molecule has 1 N–H and O–H groups in total. The molecule has 1 unspecified atom stereocenters. The molecule has 4 aliphatic rings. The summed E-state index contributed by atoms with van der Waals surface area (Å²) in [6.45, 7) is 2.34. The molecule has 0 aromatic heterocycles. The number of rotatable bonds is 6. The number of esters is 1. The summed E-state index contributed by atoms with van der Waals surface area (Å²) in [5, 5.41) is 9.77. The van der Waals surface area contributed by atoms with Crippen LogP contribution in [0.15, 0.2) is 0 Å². The minimum absolute atomic E-state index is 0.168. The van der Waals surface area contributed by atoms with Crippen molar-refractivity contribution in [3.8, 4) is 0 Å². The van der Waals surface area contributed by atoms with E-state index < -0.39 is 6.10 Å². The predicted molar refractivity (Wildman–Crippen MR) is 85.5 cm³/mol. The standard InChI is InChI=1S/C18H29NO4/c1-12(20)11-19(4-3-16(21)23-2)17(22)18-8-13-5-14(9-18)7-15(6-13)10-18/h12-15,20H,3-11H2,1-2H3. The topological polar surface area (TPSA) is 66.8 Å². The first-order valence-electron chi connectivity index (χ1n) is 8.96. The lowest BCUT2D eigenvalue weighted by atomic mass is 9.49. The molecule has 130 valence electrons. The number of carbonyl (C=O) groups excluding carboxylic acids is 2. The lowest BCUT2D eigenvalue weighted by molar-refractivity contribution is -0.159. The van der Waals surface area contributed by atoms with Gasteiger partial charge in [-0.05, 0) is 63.2 Å². The maximum Gasteiger partial charge on any atom is 0.307 e. The second-order valence-corrected chi connectivity index (χ2v) is 8.12. The SMILES string of the molecule is COC(=O)CCN(CC(C)O)C(=O)C12CC3CC(CC(C3)C1)C2. The monoisotopic (exact) mass is 323 g/mol. The van der Waals surface area contributed by atoms with E-state index in [0.29, 0.717) is 30.8 Å². The summed E-state index contributed by atoms with van der Waals surface area (Å²) in [6, 6.07) is 0. The van der Waals surface area contributed by atoms with E-state index in [9.17, 15) is 14.7 Å². The first-order chi connectivity index (χ1) is 10.9. The Balaban J connectivity index is 1.73. The molecule has 0 saturated heterocycles. The molecule has 0 aromatic carbocycles. The molecule has 0 spiro atoms. The van der Waals surface area contributed by atoms with E-state index in [1.807, 2.05) is 0 Å². The molecular formula is C18H29NO4. The zero-order chi connectivity index (χ0) is 16.6. The van der Waals surface area contributed by atoms with Gasteiger partial charge in [-0.1, -0.05) is 0 Å². The van der Waals surface area contributed by atoms with Gasteiger partial charge in [0.1, 0.15) is 0 Å². The quantitative estimate of drug-likeness (QED) is 0.759. The minimum atomic E-state index is -0.578. The fraction of sp³-hybridized carbons (Fsp3) is 0.889. The number of aliphatic hydroxyl groups excluding tert-OH is 1. The van der Waals surface area contributed by atoms with Crippen molar-refractivity contribution in [3.05, 3.63) is 0 Å². The molecule has 0 heterocycles. The summed E-state index contributed by atoms with van der Waals surface area (Å²) in [4.78, 5) is 26.5. The fourth-order valence-corrected chi connectivity index (χ4v) is 5.63. The van der Waals surface area contributed by atoms with Crippen molar-refractivity contribution >= 4 is 11.9 Å². The third-order valence-electron chi connectivity index (χ3n) is 6.08. The van der Waals surface area contributed by atoms with Crippen molar-refractivity contribution < 1.29 is 19.4 Å². The highest BCUT2D eigenvalue weighted by molar-refractivity contribution is 5.84. The van der Waals surface area contributed by atoms with Crippen LogP contribution < -0.4 is 0 Å². The molecule has 4 fully saturated rings. The molecule has 5 nitrogen and oxygen atoms in total. The number of hydrogen-bond acceptors (Lipinski definition) is 4. The van der Waals surface area contributed by atoms with Gasteiger partial charge in [-0.25, -0.2) is 0 Å². The zero-order valence-corrected chi connectivity index (χ0v) is 14.3. The van der Waals surface area contributed by atoms with Crippen LogP contribution >= 0.6 is 0 Å². The fourth-order valence-electron chi connectivity index (χ4n) is 5.63. The average molecular weight is 323 g/mol. The normalized spacial score (nSPS) is 35.9. The van der Waals surface area contributed by atoms with Crippen molar-refractivity contribution in [2.45, 2.75) is 58.0 Å². The van der Waals surface area contributed by atoms with Gasteiger partial charge in [-0.15, -0.1) is 0 Å². The van der Waals surface area contributed by atoms with E-state index in [1.165, 1.54) is 26.4 Å². The summed E-state index contributed by atoms with van der Waals surface area (Å²) >= 11 is 0. The molecule has 23 heavy (non-hydrogen) atoms. The van der Waals surface area contributed by atoms with E-state index in [1.54, 1.807) is 11.8 Å². The number of hydrogen-bond donors (Lipinski definition) is 1. The largest absolute Gasteiger partial charge is 0.469 e. The number of amides is 1. The third kappa shape index (κ3) is 3.39. The van der Waals surface area contributed by atoms with Crippen LogP contribution in [0, 0.1) is 23.2 Å². The van der Waals surface area contributed by atoms with Crippen molar-refractivity contribution in [1.82, 2.24) is 4.90 Å². The van der Waals surface area contributed by atoms with E-state index >= 15 is 0 Å². The lowest BCUT2D eigenvalue weighted by Gasteiger charge is -2.56. The van der Waals surface area contributed by atoms with Crippen LogP contribution in [-0.4, -0.2) is 48.2 Å². The molecule has 1 amide bonds. The smallest absolute Gasteiger partial charge is 0.307 e. The zero-order valence-electron chi connectivity index (χ0n) is 14.3. The Kier molecular flexibility index (Phi) is 4.68. The Morgan fingerprint density at radius 2 is 1.70 bits per heavy atom. The van der Waals surface area contributed by atoms with E-state index in [-0.39, 0.29) is 23.7 Å². The van der Waals surface area contributed by atoms with Crippen LogP contribution in [0.1, 0.15) is 51.9 Å². The molecule has 5 heteroatoms. The summed E-state index contributed by atoms with van der Waals surface area (Å²) in [6.07, 6.45) is 6.53. The van der Waals surface area contributed by atoms with Crippen LogP contribution in [0.3, 0.4) is 0 Å². The highest BCUT2D eigenvalue weighted by Crippen LogP contribution is 2.60. The van der Waals surface area contributed by atoms with Gasteiger partial charge in [-0.2, -0.15) is 0 Å². The molecule has 0 aromatic rings. The third-order valence-corrected chi connectivity index (χ3v) is 6.08. The van der Waals surface area contributed by atoms with Crippen LogP contribution in [0.5, 0.6) is 0 Å². The van der Waals surface area contributed by atoms with Gasteiger partial charge < -0.3 is 14.7 Å². The Hall–Kier alpha value is -1.10. The molecule has 1 atom stereocenters. The van der Waals surface area contributed by atoms with Crippen LogP contribution in [0.2, 0.25) is 0 Å². The van der Waals surface area contributed by atoms with Crippen LogP contribution in [0.4, 0.5) is 0 Å².